The molecular weight excluding hydrogens is 310 g/mol. The third kappa shape index (κ3) is 8.06. The monoisotopic (exact) mass is 348 g/mol. The number of quaternary nitrogens is 1. The highest BCUT2D eigenvalue weighted by molar-refractivity contribution is 5.31. The zero-order valence-electron chi connectivity index (χ0n) is 17.3. The first-order chi connectivity index (χ1) is 11.3. The van der Waals surface area contributed by atoms with Gasteiger partial charge in [-0.2, -0.15) is 0 Å². The number of hydrogen-bond acceptors (Lipinski definition) is 2. The first-order valence-electron chi connectivity index (χ1n) is 9.19. The minimum atomic E-state index is -0.494. The standard InChI is InChI=1S/C22H38NO2/c1-9-14-23(7,8)15-19(24)16-25-20-12-10-18(11-13-20)22(5,6)17-21(2,3)4/h9-13,19,24H,1,14-17H2,2-8H3/q+1/t19-/m0/s1. The van der Waals surface area contributed by atoms with E-state index in [1.807, 2.05) is 18.2 Å². The Morgan fingerprint density at radius 2 is 1.68 bits per heavy atom. The number of aliphatic hydroxyl groups excluding tert-OH is 1. The zero-order chi connectivity index (χ0) is 19.3. The van der Waals surface area contributed by atoms with E-state index in [0.717, 1.165) is 18.7 Å². The maximum Gasteiger partial charge on any atom is 0.137 e. The third-order valence-electron chi connectivity index (χ3n) is 4.38. The van der Waals surface area contributed by atoms with Crippen LogP contribution in [0.15, 0.2) is 36.9 Å². The molecule has 0 fully saturated rings. The van der Waals surface area contributed by atoms with Crippen LogP contribution in [0.5, 0.6) is 5.75 Å². The Bertz CT molecular complexity index is 538. The second-order valence-electron chi connectivity index (χ2n) is 9.70. The summed E-state index contributed by atoms with van der Waals surface area (Å²) in [5.41, 5.74) is 1.74. The van der Waals surface area contributed by atoms with E-state index in [1.54, 1.807) is 0 Å². The fraction of sp³-hybridized carbons (Fsp3) is 0.636. The summed E-state index contributed by atoms with van der Waals surface area (Å²) < 4.78 is 6.48. The maximum atomic E-state index is 10.2. The molecule has 0 saturated heterocycles. The molecule has 0 heterocycles. The maximum absolute atomic E-state index is 10.2. The van der Waals surface area contributed by atoms with Crippen molar-refractivity contribution in [3.8, 4) is 5.75 Å². The molecule has 0 radical (unpaired) electrons. The van der Waals surface area contributed by atoms with Crippen LogP contribution in [0.4, 0.5) is 0 Å². The van der Waals surface area contributed by atoms with Crippen LogP contribution in [0.3, 0.4) is 0 Å². The van der Waals surface area contributed by atoms with Gasteiger partial charge in [-0.25, -0.2) is 0 Å². The minimum absolute atomic E-state index is 0.127. The van der Waals surface area contributed by atoms with Gasteiger partial charge in [-0.05, 0) is 41.0 Å². The summed E-state index contributed by atoms with van der Waals surface area (Å²) in [6, 6.07) is 8.31. The van der Waals surface area contributed by atoms with Crippen LogP contribution in [0.25, 0.3) is 0 Å². The molecule has 1 aromatic carbocycles. The van der Waals surface area contributed by atoms with Gasteiger partial charge >= 0.3 is 0 Å². The van der Waals surface area contributed by atoms with Crippen molar-refractivity contribution in [3.05, 3.63) is 42.5 Å². The van der Waals surface area contributed by atoms with Gasteiger partial charge in [0.1, 0.15) is 25.0 Å². The zero-order valence-corrected chi connectivity index (χ0v) is 17.3. The average molecular weight is 349 g/mol. The number of benzene rings is 1. The summed E-state index contributed by atoms with van der Waals surface area (Å²) in [5.74, 6) is 0.809. The number of ether oxygens (including phenoxy) is 1. The van der Waals surface area contributed by atoms with Crippen molar-refractivity contribution in [1.29, 1.82) is 0 Å². The lowest BCUT2D eigenvalue weighted by atomic mass is 9.72. The molecule has 0 aliphatic carbocycles. The van der Waals surface area contributed by atoms with Crippen LogP contribution in [0, 0.1) is 5.41 Å². The molecule has 1 rings (SSSR count). The smallest absolute Gasteiger partial charge is 0.137 e. The van der Waals surface area contributed by atoms with Crippen LogP contribution >= 0.6 is 0 Å². The van der Waals surface area contributed by atoms with E-state index < -0.39 is 6.10 Å². The highest BCUT2D eigenvalue weighted by Crippen LogP contribution is 2.36. The summed E-state index contributed by atoms with van der Waals surface area (Å²) in [7, 11) is 4.16. The van der Waals surface area contributed by atoms with Gasteiger partial charge in [-0.1, -0.05) is 53.3 Å². The Hall–Kier alpha value is -1.32. The van der Waals surface area contributed by atoms with Crippen molar-refractivity contribution in [3.63, 3.8) is 0 Å². The molecule has 0 bridgehead atoms. The summed E-state index contributed by atoms with van der Waals surface area (Å²) in [5, 5.41) is 10.2. The molecular formula is C22H38NO2+. The Balaban J connectivity index is 2.61. The van der Waals surface area contributed by atoms with E-state index in [1.165, 1.54) is 5.56 Å². The van der Waals surface area contributed by atoms with Crippen LogP contribution in [0.1, 0.15) is 46.6 Å². The molecule has 3 heteroatoms. The predicted octanol–water partition coefficient (Wildman–Crippen LogP) is 4.40. The van der Waals surface area contributed by atoms with Crippen LogP contribution < -0.4 is 4.74 Å². The fourth-order valence-corrected chi connectivity index (χ4v) is 3.67. The minimum Gasteiger partial charge on any atom is -0.491 e. The van der Waals surface area contributed by atoms with E-state index in [4.69, 9.17) is 4.74 Å². The molecule has 1 aromatic rings. The van der Waals surface area contributed by atoms with Gasteiger partial charge in [0.2, 0.25) is 0 Å². The van der Waals surface area contributed by atoms with E-state index in [9.17, 15) is 5.11 Å². The van der Waals surface area contributed by atoms with Crippen LogP contribution in [-0.2, 0) is 5.41 Å². The number of hydrogen-bond donors (Lipinski definition) is 1. The molecule has 0 unspecified atom stereocenters. The molecule has 3 nitrogen and oxygen atoms in total. The highest BCUT2D eigenvalue weighted by atomic mass is 16.5. The Morgan fingerprint density at radius 1 is 1.12 bits per heavy atom. The lowest BCUT2D eigenvalue weighted by Crippen LogP contribution is -2.46. The van der Waals surface area contributed by atoms with Crippen molar-refractivity contribution in [2.24, 2.45) is 5.41 Å². The molecule has 142 valence electrons. The van der Waals surface area contributed by atoms with Crippen molar-refractivity contribution < 1.29 is 14.3 Å². The van der Waals surface area contributed by atoms with Crippen LogP contribution in [-0.4, -0.2) is 49.5 Å². The summed E-state index contributed by atoms with van der Waals surface area (Å²) in [6.07, 6.45) is 2.51. The number of aliphatic hydroxyl groups is 1. The van der Waals surface area contributed by atoms with Gasteiger partial charge < -0.3 is 14.3 Å². The second-order valence-corrected chi connectivity index (χ2v) is 9.70. The van der Waals surface area contributed by atoms with Crippen molar-refractivity contribution in [2.75, 3.05) is 33.8 Å². The number of rotatable bonds is 9. The molecule has 0 aliphatic heterocycles. The van der Waals surface area contributed by atoms with E-state index in [-0.39, 0.29) is 5.41 Å². The predicted molar refractivity (Wildman–Crippen MR) is 107 cm³/mol. The third-order valence-corrected chi connectivity index (χ3v) is 4.38. The summed E-state index contributed by atoms with van der Waals surface area (Å²) in [4.78, 5) is 0. The average Bonchev–Trinajstić information content (AvgIpc) is 2.42. The lowest BCUT2D eigenvalue weighted by Gasteiger charge is -2.33. The summed E-state index contributed by atoms with van der Waals surface area (Å²) in [6.45, 7) is 17.0. The molecule has 0 spiro atoms. The van der Waals surface area contributed by atoms with E-state index in [0.29, 0.717) is 23.0 Å². The molecule has 1 atom stereocenters. The van der Waals surface area contributed by atoms with Crippen LogP contribution in [0.2, 0.25) is 0 Å². The highest BCUT2D eigenvalue weighted by Gasteiger charge is 2.27. The molecule has 0 saturated carbocycles. The van der Waals surface area contributed by atoms with Gasteiger partial charge in [0.25, 0.3) is 0 Å². The van der Waals surface area contributed by atoms with Gasteiger partial charge in [0.05, 0.1) is 20.6 Å². The second kappa shape index (κ2) is 8.37. The van der Waals surface area contributed by atoms with Gasteiger partial charge in [-0.3, -0.25) is 0 Å². The SMILES string of the molecule is C=CC[N+](C)(C)C[C@H](O)COc1ccc(C(C)(C)CC(C)(C)C)cc1. The molecule has 0 aliphatic rings. The normalized spacial score (nSPS) is 14.2. The fourth-order valence-electron chi connectivity index (χ4n) is 3.67. The molecule has 25 heavy (non-hydrogen) atoms. The van der Waals surface area contributed by atoms with Crippen molar-refractivity contribution >= 4 is 0 Å². The Labute approximate surface area is 154 Å². The number of nitrogens with zero attached hydrogens (tertiary/aromatic N) is 1. The lowest BCUT2D eigenvalue weighted by molar-refractivity contribution is -0.887. The van der Waals surface area contributed by atoms with Crippen molar-refractivity contribution in [2.45, 2.75) is 52.6 Å². The topological polar surface area (TPSA) is 29.5 Å². The first-order valence-corrected chi connectivity index (χ1v) is 9.19. The first kappa shape index (κ1) is 21.7. The number of likely N-dealkylation sites (N-methyl/N-ethyl adjacent to an activating group) is 1. The van der Waals surface area contributed by atoms with Gasteiger partial charge in [0, 0.05) is 0 Å². The molecule has 0 amide bonds. The summed E-state index contributed by atoms with van der Waals surface area (Å²) >= 11 is 0. The molecule has 1 N–H and O–H groups in total. The molecule has 0 aromatic heterocycles. The van der Waals surface area contributed by atoms with E-state index in [2.05, 4.69) is 67.4 Å². The van der Waals surface area contributed by atoms with Gasteiger partial charge in [0.15, 0.2) is 0 Å². The Kier molecular flexibility index (Phi) is 7.28. The van der Waals surface area contributed by atoms with Gasteiger partial charge in [-0.15, -0.1) is 0 Å². The Morgan fingerprint density at radius 3 is 2.16 bits per heavy atom. The van der Waals surface area contributed by atoms with E-state index >= 15 is 0 Å². The quantitative estimate of drug-likeness (QED) is 0.529. The van der Waals surface area contributed by atoms with Crippen molar-refractivity contribution in [1.82, 2.24) is 0 Å². The largest absolute Gasteiger partial charge is 0.491 e.